The standard InChI is InChI=1S/C34H40O4P2/c1-5-8-11-18-28-25-32(37-39(35-6-2)30-20-12-9-13-21-30)34(29-19-16-17-27(4)24-29)33(26-28)38-40(36-7-3)31-22-14-10-15-23-31/h9-10,12-17,19-26H,5-8,11,18H2,1-4H3. The van der Waals surface area contributed by atoms with Crippen LogP contribution in [0, 0.1) is 6.92 Å². The van der Waals surface area contributed by atoms with Gasteiger partial charge in [0.05, 0.1) is 18.8 Å². The molecule has 2 atom stereocenters. The molecule has 6 heteroatoms. The summed E-state index contributed by atoms with van der Waals surface area (Å²) in [6, 6.07) is 33.3. The fourth-order valence-electron chi connectivity index (χ4n) is 4.42. The first-order valence-electron chi connectivity index (χ1n) is 14.2. The Balaban J connectivity index is 1.86. The summed E-state index contributed by atoms with van der Waals surface area (Å²) < 4.78 is 26.1. The molecule has 4 nitrogen and oxygen atoms in total. The Morgan fingerprint density at radius 2 is 1.15 bits per heavy atom. The molecule has 0 radical (unpaired) electrons. The molecule has 0 aliphatic heterocycles. The molecule has 0 fully saturated rings. The van der Waals surface area contributed by atoms with Gasteiger partial charge >= 0.3 is 0 Å². The molecule has 0 amide bonds. The Hall–Kier alpha value is -2.74. The summed E-state index contributed by atoms with van der Waals surface area (Å²) in [6.45, 7) is 9.47. The molecule has 0 bridgehead atoms. The van der Waals surface area contributed by atoms with Gasteiger partial charge in [-0.15, -0.1) is 0 Å². The number of rotatable bonds is 15. The SMILES string of the molecule is CCCCCc1cc(OP(OCC)c2ccccc2)c(-c2cccc(C)c2)c(OP(OCC)c2ccccc2)c1. The Morgan fingerprint density at radius 3 is 1.62 bits per heavy atom. The van der Waals surface area contributed by atoms with Crippen LogP contribution in [0.3, 0.4) is 0 Å². The van der Waals surface area contributed by atoms with Gasteiger partial charge in [-0.05, 0) is 81.1 Å². The van der Waals surface area contributed by atoms with Gasteiger partial charge in [0, 0.05) is 10.6 Å². The monoisotopic (exact) mass is 574 g/mol. The molecular formula is C34H40O4P2. The van der Waals surface area contributed by atoms with Crippen molar-refractivity contribution in [3.05, 3.63) is 108 Å². The van der Waals surface area contributed by atoms with Crippen LogP contribution in [-0.4, -0.2) is 13.2 Å². The number of unbranched alkanes of at least 4 members (excludes halogenated alkanes) is 2. The van der Waals surface area contributed by atoms with E-state index in [0.29, 0.717) is 13.2 Å². The van der Waals surface area contributed by atoms with Crippen LogP contribution in [0.25, 0.3) is 11.1 Å². The van der Waals surface area contributed by atoms with Gasteiger partial charge in [-0.2, -0.15) is 0 Å². The van der Waals surface area contributed by atoms with Crippen LogP contribution in [0.15, 0.2) is 97.1 Å². The Morgan fingerprint density at radius 1 is 0.600 bits per heavy atom. The zero-order chi connectivity index (χ0) is 28.2. The van der Waals surface area contributed by atoms with E-state index in [0.717, 1.165) is 46.1 Å². The average Bonchev–Trinajstić information content (AvgIpc) is 2.98. The maximum absolute atomic E-state index is 6.83. The second-order valence-electron chi connectivity index (χ2n) is 9.50. The number of hydrogen-bond acceptors (Lipinski definition) is 4. The van der Waals surface area contributed by atoms with E-state index in [1.54, 1.807) is 0 Å². The fourth-order valence-corrected chi connectivity index (χ4v) is 6.98. The summed E-state index contributed by atoms with van der Waals surface area (Å²) in [7, 11) is -2.68. The molecule has 0 aliphatic rings. The smallest absolute Gasteiger partial charge is 0.265 e. The van der Waals surface area contributed by atoms with Crippen LogP contribution in [0.1, 0.15) is 51.2 Å². The molecule has 210 valence electrons. The lowest BCUT2D eigenvalue weighted by atomic mass is 9.98. The zero-order valence-corrected chi connectivity index (χ0v) is 25.8. The number of hydrogen-bond donors (Lipinski definition) is 0. The van der Waals surface area contributed by atoms with Gasteiger partial charge in [0.15, 0.2) is 0 Å². The predicted molar refractivity (Wildman–Crippen MR) is 170 cm³/mol. The van der Waals surface area contributed by atoms with Gasteiger partial charge in [0.25, 0.3) is 16.8 Å². The molecule has 0 saturated carbocycles. The normalized spacial score (nSPS) is 12.6. The molecule has 4 aromatic rings. The van der Waals surface area contributed by atoms with E-state index in [1.807, 2.05) is 50.2 Å². The van der Waals surface area contributed by atoms with Crippen LogP contribution in [0.2, 0.25) is 0 Å². The quantitative estimate of drug-likeness (QED) is 0.105. The molecule has 0 aromatic heterocycles. The molecule has 4 rings (SSSR count). The van der Waals surface area contributed by atoms with Crippen LogP contribution < -0.4 is 19.7 Å². The van der Waals surface area contributed by atoms with Crippen LogP contribution in [0.5, 0.6) is 11.5 Å². The molecule has 0 aliphatic carbocycles. The second kappa shape index (κ2) is 15.9. The van der Waals surface area contributed by atoms with Crippen molar-refractivity contribution in [3.8, 4) is 22.6 Å². The summed E-state index contributed by atoms with van der Waals surface area (Å²) in [4.78, 5) is 0. The van der Waals surface area contributed by atoms with Crippen molar-refractivity contribution < 1.29 is 18.1 Å². The summed E-state index contributed by atoms with van der Waals surface area (Å²) in [5, 5.41) is 2.07. The van der Waals surface area contributed by atoms with E-state index >= 15 is 0 Å². The molecular weight excluding hydrogens is 534 g/mol. The molecule has 2 unspecified atom stereocenters. The largest absolute Gasteiger partial charge is 0.443 e. The maximum atomic E-state index is 6.83. The van der Waals surface area contributed by atoms with Crippen molar-refractivity contribution in [1.29, 1.82) is 0 Å². The minimum atomic E-state index is -1.34. The van der Waals surface area contributed by atoms with Crippen molar-refractivity contribution in [3.63, 3.8) is 0 Å². The van der Waals surface area contributed by atoms with E-state index in [9.17, 15) is 0 Å². The van der Waals surface area contributed by atoms with Gasteiger partial charge in [-0.3, -0.25) is 0 Å². The van der Waals surface area contributed by atoms with Crippen molar-refractivity contribution in [2.75, 3.05) is 13.2 Å². The molecule has 4 aromatic carbocycles. The average molecular weight is 575 g/mol. The first kappa shape index (κ1) is 30.2. The van der Waals surface area contributed by atoms with E-state index in [2.05, 4.69) is 74.5 Å². The number of aryl methyl sites for hydroxylation is 2. The third kappa shape index (κ3) is 8.38. The lowest BCUT2D eigenvalue weighted by molar-refractivity contribution is 0.339. The van der Waals surface area contributed by atoms with Crippen LogP contribution >= 0.6 is 16.8 Å². The van der Waals surface area contributed by atoms with Crippen molar-refractivity contribution in [2.45, 2.75) is 53.4 Å². The summed E-state index contributed by atoms with van der Waals surface area (Å²) in [6.07, 6.45) is 4.40. The van der Waals surface area contributed by atoms with Crippen molar-refractivity contribution in [1.82, 2.24) is 0 Å². The highest BCUT2D eigenvalue weighted by Gasteiger charge is 2.25. The molecule has 40 heavy (non-hydrogen) atoms. The highest BCUT2D eigenvalue weighted by atomic mass is 31.2. The molecule has 0 spiro atoms. The molecule has 0 N–H and O–H groups in total. The summed E-state index contributed by atoms with van der Waals surface area (Å²) in [5.74, 6) is 1.55. The predicted octanol–water partition coefficient (Wildman–Crippen LogP) is 9.50. The van der Waals surface area contributed by atoms with Gasteiger partial charge in [-0.25, -0.2) is 0 Å². The minimum Gasteiger partial charge on any atom is -0.443 e. The van der Waals surface area contributed by atoms with E-state index < -0.39 is 16.8 Å². The van der Waals surface area contributed by atoms with Crippen molar-refractivity contribution >= 4 is 27.4 Å². The van der Waals surface area contributed by atoms with E-state index in [1.165, 1.54) is 24.0 Å². The highest BCUT2D eigenvalue weighted by molar-refractivity contribution is 7.56. The van der Waals surface area contributed by atoms with Gasteiger partial charge in [-0.1, -0.05) is 86.0 Å². The van der Waals surface area contributed by atoms with Gasteiger partial charge in [0.1, 0.15) is 11.5 Å². The summed E-state index contributed by atoms with van der Waals surface area (Å²) in [5.41, 5.74) is 4.33. The highest BCUT2D eigenvalue weighted by Crippen LogP contribution is 2.50. The molecule has 0 heterocycles. The third-order valence-electron chi connectivity index (χ3n) is 6.29. The van der Waals surface area contributed by atoms with Gasteiger partial charge in [0.2, 0.25) is 0 Å². The Kier molecular flexibility index (Phi) is 12.0. The van der Waals surface area contributed by atoms with Crippen LogP contribution in [0.4, 0.5) is 0 Å². The van der Waals surface area contributed by atoms with E-state index in [-0.39, 0.29) is 0 Å². The first-order chi connectivity index (χ1) is 19.6. The fraction of sp³-hybridized carbons (Fsp3) is 0.294. The first-order valence-corrected chi connectivity index (χ1v) is 16.5. The number of benzene rings is 4. The zero-order valence-electron chi connectivity index (χ0n) is 24.0. The topological polar surface area (TPSA) is 36.9 Å². The second-order valence-corrected chi connectivity index (χ2v) is 12.4. The lowest BCUT2D eigenvalue weighted by Gasteiger charge is -2.25. The van der Waals surface area contributed by atoms with E-state index in [4.69, 9.17) is 18.1 Å². The maximum Gasteiger partial charge on any atom is 0.265 e. The third-order valence-corrected chi connectivity index (χ3v) is 9.44. The van der Waals surface area contributed by atoms with Crippen molar-refractivity contribution in [2.24, 2.45) is 0 Å². The van der Waals surface area contributed by atoms with Crippen LogP contribution in [-0.2, 0) is 15.5 Å². The Labute approximate surface area is 242 Å². The lowest BCUT2D eigenvalue weighted by Crippen LogP contribution is -2.10. The van der Waals surface area contributed by atoms with Gasteiger partial charge < -0.3 is 18.1 Å². The molecule has 0 saturated heterocycles. The minimum absolute atomic E-state index is 0.559. The summed E-state index contributed by atoms with van der Waals surface area (Å²) >= 11 is 0. The Bertz CT molecular complexity index is 1240.